The van der Waals surface area contributed by atoms with Gasteiger partial charge in [0.1, 0.15) is 0 Å². The highest BCUT2D eigenvalue weighted by molar-refractivity contribution is 9.10. The van der Waals surface area contributed by atoms with E-state index in [1.54, 1.807) is 0 Å². The maximum Gasteiger partial charge on any atom is 0.0739 e. The summed E-state index contributed by atoms with van der Waals surface area (Å²) >= 11 is 3.60. The molecule has 98 valence electrons. The van der Waals surface area contributed by atoms with Crippen molar-refractivity contribution < 1.29 is 0 Å². The molecule has 0 saturated carbocycles. The molecule has 0 aliphatic carbocycles. The van der Waals surface area contributed by atoms with Gasteiger partial charge in [-0.3, -0.25) is 9.58 Å². The lowest BCUT2D eigenvalue weighted by atomic mass is 10.3. The first-order chi connectivity index (χ1) is 8.13. The smallest absolute Gasteiger partial charge is 0.0739 e. The van der Waals surface area contributed by atoms with E-state index in [0.29, 0.717) is 13.1 Å². The summed E-state index contributed by atoms with van der Waals surface area (Å²) in [6.45, 7) is 8.84. The van der Waals surface area contributed by atoms with E-state index in [1.165, 1.54) is 5.69 Å². The van der Waals surface area contributed by atoms with Crippen LogP contribution in [-0.4, -0.2) is 40.9 Å². The van der Waals surface area contributed by atoms with Crippen LogP contribution in [0, 0.1) is 6.92 Å². The lowest BCUT2D eigenvalue weighted by molar-refractivity contribution is 0.271. The largest absolute Gasteiger partial charge is 0.329 e. The highest BCUT2D eigenvalue weighted by atomic mass is 79.9. The standard InChI is InChI=1S/C11H22BrN5/c1-3-17-10(11(12)9(2)15-17)8-16(6-4-13)7-5-14/h3-8,13-14H2,1-2H3. The molecule has 1 heterocycles. The fourth-order valence-electron chi connectivity index (χ4n) is 1.87. The third-order valence-corrected chi connectivity index (χ3v) is 3.75. The average Bonchev–Trinajstić information content (AvgIpc) is 2.57. The molecule has 0 bridgehead atoms. The van der Waals surface area contributed by atoms with Gasteiger partial charge in [-0.2, -0.15) is 5.10 Å². The van der Waals surface area contributed by atoms with Gasteiger partial charge >= 0.3 is 0 Å². The van der Waals surface area contributed by atoms with Crippen LogP contribution in [0.3, 0.4) is 0 Å². The first-order valence-corrected chi connectivity index (χ1v) is 6.77. The monoisotopic (exact) mass is 303 g/mol. The van der Waals surface area contributed by atoms with Gasteiger partial charge in [0, 0.05) is 39.3 Å². The normalized spacial score (nSPS) is 11.4. The molecule has 17 heavy (non-hydrogen) atoms. The number of hydrogen-bond acceptors (Lipinski definition) is 4. The number of rotatable bonds is 7. The van der Waals surface area contributed by atoms with Crippen LogP contribution in [0.1, 0.15) is 18.3 Å². The van der Waals surface area contributed by atoms with Gasteiger partial charge in [-0.1, -0.05) is 0 Å². The zero-order chi connectivity index (χ0) is 12.8. The van der Waals surface area contributed by atoms with Crippen molar-refractivity contribution in [3.63, 3.8) is 0 Å². The molecule has 1 rings (SSSR count). The van der Waals surface area contributed by atoms with Gasteiger partial charge in [-0.25, -0.2) is 0 Å². The average molecular weight is 304 g/mol. The van der Waals surface area contributed by atoms with Gasteiger partial charge in [0.2, 0.25) is 0 Å². The molecule has 0 radical (unpaired) electrons. The van der Waals surface area contributed by atoms with Crippen LogP contribution in [0.15, 0.2) is 4.47 Å². The Hall–Kier alpha value is -0.430. The van der Waals surface area contributed by atoms with E-state index >= 15 is 0 Å². The van der Waals surface area contributed by atoms with Crippen molar-refractivity contribution in [2.24, 2.45) is 11.5 Å². The summed E-state index contributed by atoms with van der Waals surface area (Å²) in [5.74, 6) is 0. The Balaban J connectivity index is 2.83. The van der Waals surface area contributed by atoms with E-state index in [9.17, 15) is 0 Å². The molecule has 0 saturated heterocycles. The van der Waals surface area contributed by atoms with Gasteiger partial charge in [-0.05, 0) is 29.8 Å². The van der Waals surface area contributed by atoms with Crippen LogP contribution in [0.4, 0.5) is 0 Å². The van der Waals surface area contributed by atoms with Crippen molar-refractivity contribution in [3.8, 4) is 0 Å². The minimum atomic E-state index is 0.650. The molecular formula is C11H22BrN5. The third kappa shape index (κ3) is 3.77. The number of hydrogen-bond donors (Lipinski definition) is 2. The van der Waals surface area contributed by atoms with E-state index in [4.69, 9.17) is 11.5 Å². The molecule has 0 unspecified atom stereocenters. The summed E-state index contributed by atoms with van der Waals surface area (Å²) in [5, 5.41) is 4.48. The van der Waals surface area contributed by atoms with Crippen molar-refractivity contribution in [1.29, 1.82) is 0 Å². The number of aromatic nitrogens is 2. The Morgan fingerprint density at radius 1 is 1.29 bits per heavy atom. The predicted octanol–water partition coefficient (Wildman–Crippen LogP) is 0.693. The molecule has 4 N–H and O–H groups in total. The molecule has 0 spiro atoms. The summed E-state index contributed by atoms with van der Waals surface area (Å²) in [6, 6.07) is 0. The second-order valence-electron chi connectivity index (χ2n) is 4.02. The summed E-state index contributed by atoms with van der Waals surface area (Å²) in [6.07, 6.45) is 0. The second kappa shape index (κ2) is 7.10. The fraction of sp³-hybridized carbons (Fsp3) is 0.727. The lowest BCUT2D eigenvalue weighted by Gasteiger charge is -2.21. The van der Waals surface area contributed by atoms with Gasteiger partial charge in [0.25, 0.3) is 0 Å². The Morgan fingerprint density at radius 3 is 2.35 bits per heavy atom. The van der Waals surface area contributed by atoms with Gasteiger partial charge in [0.05, 0.1) is 15.9 Å². The molecule has 0 amide bonds. The molecule has 0 aliphatic rings. The molecule has 0 atom stereocenters. The van der Waals surface area contributed by atoms with Crippen LogP contribution in [0.5, 0.6) is 0 Å². The molecule has 5 nitrogen and oxygen atoms in total. The van der Waals surface area contributed by atoms with Crippen LogP contribution in [-0.2, 0) is 13.1 Å². The molecule has 0 aromatic carbocycles. The Labute approximate surface area is 111 Å². The van der Waals surface area contributed by atoms with Crippen LogP contribution in [0.2, 0.25) is 0 Å². The number of nitrogens with zero attached hydrogens (tertiary/aromatic N) is 3. The van der Waals surface area contributed by atoms with E-state index < -0.39 is 0 Å². The van der Waals surface area contributed by atoms with Crippen LogP contribution in [0.25, 0.3) is 0 Å². The van der Waals surface area contributed by atoms with Crippen LogP contribution >= 0.6 is 15.9 Å². The molecular weight excluding hydrogens is 282 g/mol. The number of halogens is 1. The van der Waals surface area contributed by atoms with E-state index in [1.807, 2.05) is 11.6 Å². The zero-order valence-corrected chi connectivity index (χ0v) is 12.2. The summed E-state index contributed by atoms with van der Waals surface area (Å²) in [4.78, 5) is 2.26. The Kier molecular flexibility index (Phi) is 6.11. The molecule has 6 heteroatoms. The molecule has 1 aromatic rings. The van der Waals surface area contributed by atoms with Gasteiger partial charge in [-0.15, -0.1) is 0 Å². The highest BCUT2D eigenvalue weighted by Crippen LogP contribution is 2.22. The quantitative estimate of drug-likeness (QED) is 0.777. The molecule has 0 fully saturated rings. The molecule has 1 aromatic heterocycles. The first-order valence-electron chi connectivity index (χ1n) is 5.98. The van der Waals surface area contributed by atoms with Gasteiger partial charge in [0.15, 0.2) is 0 Å². The summed E-state index contributed by atoms with van der Waals surface area (Å²) in [5.41, 5.74) is 13.5. The molecule has 0 aliphatic heterocycles. The minimum absolute atomic E-state index is 0.650. The van der Waals surface area contributed by atoms with Crippen molar-refractivity contribution in [1.82, 2.24) is 14.7 Å². The van der Waals surface area contributed by atoms with Crippen molar-refractivity contribution in [2.45, 2.75) is 26.9 Å². The third-order valence-electron chi connectivity index (χ3n) is 2.72. The second-order valence-corrected chi connectivity index (χ2v) is 4.81. The number of aryl methyl sites for hydroxylation is 2. The highest BCUT2D eigenvalue weighted by Gasteiger charge is 2.14. The summed E-state index contributed by atoms with van der Waals surface area (Å²) in [7, 11) is 0. The van der Waals surface area contributed by atoms with Crippen molar-refractivity contribution in [3.05, 3.63) is 15.9 Å². The lowest BCUT2D eigenvalue weighted by Crippen LogP contribution is -2.34. The topological polar surface area (TPSA) is 73.1 Å². The fourth-order valence-corrected chi connectivity index (χ4v) is 2.28. The van der Waals surface area contributed by atoms with E-state index in [2.05, 4.69) is 32.9 Å². The number of nitrogens with two attached hydrogens (primary N) is 2. The van der Waals surface area contributed by atoms with Crippen molar-refractivity contribution >= 4 is 15.9 Å². The minimum Gasteiger partial charge on any atom is -0.329 e. The zero-order valence-electron chi connectivity index (χ0n) is 10.6. The summed E-state index contributed by atoms with van der Waals surface area (Å²) < 4.78 is 3.12. The Morgan fingerprint density at radius 2 is 1.88 bits per heavy atom. The maximum atomic E-state index is 5.61. The maximum absolute atomic E-state index is 5.61. The SMILES string of the molecule is CCn1nc(C)c(Br)c1CN(CCN)CCN. The van der Waals surface area contributed by atoms with E-state index in [-0.39, 0.29) is 0 Å². The van der Waals surface area contributed by atoms with E-state index in [0.717, 1.165) is 36.3 Å². The predicted molar refractivity (Wildman–Crippen MR) is 73.7 cm³/mol. The van der Waals surface area contributed by atoms with Gasteiger partial charge < -0.3 is 11.5 Å². The first kappa shape index (κ1) is 14.6. The Bertz CT molecular complexity index is 344. The van der Waals surface area contributed by atoms with Crippen LogP contribution < -0.4 is 11.5 Å². The van der Waals surface area contributed by atoms with Crippen molar-refractivity contribution in [2.75, 3.05) is 26.2 Å².